The number of aliphatic hydroxyl groups is 2. The first-order chi connectivity index (χ1) is 19.3. The molecule has 41 heavy (non-hydrogen) atoms. The molecule has 3 aromatic rings. The van der Waals surface area contributed by atoms with E-state index in [1.165, 1.54) is 28.6 Å². The molecule has 0 bridgehead atoms. The summed E-state index contributed by atoms with van der Waals surface area (Å²) in [5, 5.41) is 18.6. The molecular formula is C32H47F4N2O2P. The predicted octanol–water partition coefficient (Wildman–Crippen LogP) is 7.32. The fourth-order valence-electron chi connectivity index (χ4n) is 4.78. The number of alkyl halides is 2. The van der Waals surface area contributed by atoms with Gasteiger partial charge in [0.2, 0.25) is 0 Å². The highest BCUT2D eigenvalue weighted by Crippen LogP contribution is 2.36. The van der Waals surface area contributed by atoms with Crippen LogP contribution in [0.15, 0.2) is 42.5 Å². The molecule has 1 aliphatic rings. The van der Waals surface area contributed by atoms with E-state index in [-0.39, 0.29) is 18.2 Å². The lowest BCUT2D eigenvalue weighted by atomic mass is 9.78. The molecule has 1 saturated heterocycles. The Balaban J connectivity index is 0.000000238. The lowest BCUT2D eigenvalue weighted by Crippen LogP contribution is -2.55. The second-order valence-corrected chi connectivity index (χ2v) is 12.5. The Morgan fingerprint density at radius 3 is 2.20 bits per heavy atom. The van der Waals surface area contributed by atoms with E-state index in [4.69, 9.17) is 5.11 Å². The molecule has 4 nitrogen and oxygen atoms in total. The predicted molar refractivity (Wildman–Crippen MR) is 164 cm³/mol. The number of aryl methyl sites for hydroxylation is 1. The van der Waals surface area contributed by atoms with Gasteiger partial charge in [0.1, 0.15) is 17.0 Å². The van der Waals surface area contributed by atoms with Crippen molar-refractivity contribution < 1.29 is 27.8 Å². The van der Waals surface area contributed by atoms with Gasteiger partial charge in [-0.2, -0.15) is 0 Å². The summed E-state index contributed by atoms with van der Waals surface area (Å²) in [4.78, 5) is 5.54. The van der Waals surface area contributed by atoms with Gasteiger partial charge in [-0.25, -0.2) is 13.2 Å². The normalized spacial score (nSPS) is 16.7. The number of hydrogen-bond acceptors (Lipinski definition) is 3. The Kier molecular flexibility index (Phi) is 13.8. The van der Waals surface area contributed by atoms with Crippen molar-refractivity contribution in [2.75, 3.05) is 32.9 Å². The highest BCUT2D eigenvalue weighted by molar-refractivity contribution is 7.18. The fraction of sp³-hybridized carbons (Fsp3) is 0.562. The second-order valence-electron chi connectivity index (χ2n) is 11.4. The van der Waals surface area contributed by atoms with E-state index in [1.54, 1.807) is 13.8 Å². The van der Waals surface area contributed by atoms with E-state index < -0.39 is 29.3 Å². The number of rotatable bonds is 10. The maximum atomic E-state index is 13.2. The zero-order valence-electron chi connectivity index (χ0n) is 25.0. The van der Waals surface area contributed by atoms with Crippen LogP contribution in [0.2, 0.25) is 0 Å². The third-order valence-electron chi connectivity index (χ3n) is 7.53. The van der Waals surface area contributed by atoms with Gasteiger partial charge in [0, 0.05) is 48.2 Å². The summed E-state index contributed by atoms with van der Waals surface area (Å²) in [5.74, 6) is -0.754. The lowest BCUT2D eigenvalue weighted by molar-refractivity contribution is -0.0799. The summed E-state index contributed by atoms with van der Waals surface area (Å²) in [6.07, 6.45) is 3.08. The van der Waals surface area contributed by atoms with Crippen LogP contribution in [0.4, 0.5) is 17.6 Å². The summed E-state index contributed by atoms with van der Waals surface area (Å²) >= 11 is 0. The maximum Gasteiger partial charge on any atom is 0.146 e. The van der Waals surface area contributed by atoms with Crippen LogP contribution >= 0.6 is 9.24 Å². The van der Waals surface area contributed by atoms with Crippen molar-refractivity contribution >= 4 is 20.1 Å². The Bertz CT molecular complexity index is 1180. The van der Waals surface area contributed by atoms with Crippen LogP contribution in [0.5, 0.6) is 0 Å². The van der Waals surface area contributed by atoms with Gasteiger partial charge in [0.25, 0.3) is 0 Å². The highest BCUT2D eigenvalue weighted by atomic mass is 31.0. The van der Waals surface area contributed by atoms with Crippen LogP contribution in [-0.2, 0) is 18.4 Å². The van der Waals surface area contributed by atoms with Gasteiger partial charge in [-0.1, -0.05) is 55.1 Å². The SMILES string of the molecule is CC(O)(c1cc(F)cc(F)c1)C1CN(CCCF)C1.CCC(F)(P)CO.CCc1[nH]c2ccccc2c1CC(C)C. The molecular weight excluding hydrogens is 551 g/mol. The molecule has 3 unspecified atom stereocenters. The van der Waals surface area contributed by atoms with E-state index in [9.17, 15) is 22.7 Å². The van der Waals surface area contributed by atoms with Gasteiger partial charge in [0.05, 0.1) is 18.9 Å². The third-order valence-corrected chi connectivity index (χ3v) is 8.12. The number of nitrogens with one attached hydrogen (secondary N) is 1. The molecule has 2 aromatic carbocycles. The molecule has 0 saturated carbocycles. The zero-order valence-corrected chi connectivity index (χ0v) is 26.1. The van der Waals surface area contributed by atoms with Crippen LogP contribution < -0.4 is 0 Å². The summed E-state index contributed by atoms with van der Waals surface area (Å²) in [5.41, 5.74) is 3.19. The average molecular weight is 599 g/mol. The number of fused-ring (bicyclic) bond motifs is 1. The summed E-state index contributed by atoms with van der Waals surface area (Å²) in [6.45, 7) is 11.1. The smallest absolute Gasteiger partial charge is 0.146 e. The van der Waals surface area contributed by atoms with Gasteiger partial charge in [-0.05, 0) is 67.9 Å². The van der Waals surface area contributed by atoms with E-state index >= 15 is 0 Å². The van der Waals surface area contributed by atoms with Gasteiger partial charge >= 0.3 is 0 Å². The number of aliphatic hydroxyl groups excluding tert-OH is 1. The second kappa shape index (κ2) is 16.0. The van der Waals surface area contributed by atoms with Crippen molar-refractivity contribution in [3.05, 3.63) is 70.9 Å². The first-order valence-corrected chi connectivity index (χ1v) is 15.0. The minimum Gasteiger partial charge on any atom is -0.393 e. The van der Waals surface area contributed by atoms with Crippen molar-refractivity contribution in [2.24, 2.45) is 11.8 Å². The Hall–Kier alpha value is -1.99. The minimum atomic E-state index is -1.44. The first-order valence-electron chi connectivity index (χ1n) is 14.4. The standard InChI is InChI=1S/C14H18F3NO.C14H19N.C4H10FOP/c1-14(19,10-5-12(16)7-13(17)6-10)11-8-18(9-11)4-2-3-15;1-4-13-12(9-10(2)3)11-7-5-6-8-14(11)15-13;1-2-4(5,7)3-6/h5-7,11,19H,2-4,8-9H2,1H3;5-8,10,15H,4,9H2,1-3H3;6H,2-3,7H2,1H3. The first kappa shape index (κ1) is 35.2. The number of likely N-dealkylation sites (tertiary alicyclic amines) is 1. The molecule has 4 rings (SSSR count). The van der Waals surface area contributed by atoms with E-state index in [2.05, 4.69) is 50.0 Å². The number of nitrogens with zero attached hydrogens (tertiary/aromatic N) is 1. The van der Waals surface area contributed by atoms with Crippen LogP contribution in [0, 0.1) is 23.5 Å². The Morgan fingerprint density at radius 2 is 1.71 bits per heavy atom. The molecule has 1 fully saturated rings. The third kappa shape index (κ3) is 10.3. The number of H-pyrrole nitrogens is 1. The summed E-state index contributed by atoms with van der Waals surface area (Å²) < 4.78 is 50.7. The number of halogens is 4. The fourth-order valence-corrected chi connectivity index (χ4v) is 4.78. The van der Waals surface area contributed by atoms with Crippen LogP contribution in [0.1, 0.15) is 64.3 Å². The molecule has 2 heterocycles. The quantitative estimate of drug-likeness (QED) is 0.169. The number of hydrogen-bond donors (Lipinski definition) is 3. The molecule has 3 atom stereocenters. The molecule has 0 aliphatic carbocycles. The van der Waals surface area contributed by atoms with Crippen LogP contribution in [0.3, 0.4) is 0 Å². The molecule has 230 valence electrons. The molecule has 0 radical (unpaired) electrons. The molecule has 3 N–H and O–H groups in total. The van der Waals surface area contributed by atoms with Gasteiger partial charge in [-0.15, -0.1) is 0 Å². The van der Waals surface area contributed by atoms with E-state index in [0.29, 0.717) is 32.5 Å². The maximum absolute atomic E-state index is 13.2. The molecule has 1 aliphatic heterocycles. The van der Waals surface area contributed by atoms with Crippen molar-refractivity contribution in [2.45, 2.75) is 71.3 Å². The van der Waals surface area contributed by atoms with Crippen molar-refractivity contribution in [3.8, 4) is 0 Å². The Morgan fingerprint density at radius 1 is 1.10 bits per heavy atom. The van der Waals surface area contributed by atoms with Crippen molar-refractivity contribution in [1.82, 2.24) is 9.88 Å². The monoisotopic (exact) mass is 598 g/mol. The topological polar surface area (TPSA) is 59.5 Å². The molecule has 9 heteroatoms. The average Bonchev–Trinajstić information content (AvgIpc) is 3.25. The summed E-state index contributed by atoms with van der Waals surface area (Å²) in [7, 11) is 1.95. The van der Waals surface area contributed by atoms with Crippen LogP contribution in [-0.4, -0.2) is 58.4 Å². The van der Waals surface area contributed by atoms with Gasteiger partial charge < -0.3 is 20.1 Å². The largest absolute Gasteiger partial charge is 0.393 e. The van der Waals surface area contributed by atoms with E-state index in [1.807, 2.05) is 14.1 Å². The molecule has 0 spiro atoms. The number of para-hydroxylation sites is 1. The lowest BCUT2D eigenvalue weighted by Gasteiger charge is -2.46. The number of aromatic amines is 1. The van der Waals surface area contributed by atoms with Crippen molar-refractivity contribution in [3.63, 3.8) is 0 Å². The number of aromatic nitrogens is 1. The zero-order chi connectivity index (χ0) is 30.8. The summed E-state index contributed by atoms with van der Waals surface area (Å²) in [6, 6.07) is 11.7. The molecule has 0 amide bonds. The Labute approximate surface area is 244 Å². The van der Waals surface area contributed by atoms with Crippen molar-refractivity contribution in [1.29, 1.82) is 0 Å². The van der Waals surface area contributed by atoms with Gasteiger partial charge in [-0.3, -0.25) is 4.39 Å². The van der Waals surface area contributed by atoms with Crippen LogP contribution in [0.25, 0.3) is 10.9 Å². The minimum absolute atomic E-state index is 0.0895. The van der Waals surface area contributed by atoms with Gasteiger partial charge in [0.15, 0.2) is 0 Å². The molecule has 1 aromatic heterocycles. The highest BCUT2D eigenvalue weighted by Gasteiger charge is 2.41. The van der Waals surface area contributed by atoms with E-state index in [0.717, 1.165) is 30.5 Å². The number of benzene rings is 2.